The number of carbonyl (C=O) groups is 1. The minimum Gasteiger partial charge on any atom is -0.397 e. The maximum Gasteiger partial charge on any atom is 0.433 e. The number of ether oxygens (including phenoxy) is 2. The summed E-state index contributed by atoms with van der Waals surface area (Å²) < 4.78 is 31.5. The molecule has 0 unspecified atom stereocenters. The Bertz CT molecular complexity index is 1460. The van der Waals surface area contributed by atoms with E-state index in [4.69, 9.17) is 18.9 Å². The molecule has 4 aromatic rings. The lowest BCUT2D eigenvalue weighted by Gasteiger charge is -2.30. The Morgan fingerprint density at radius 2 is 1.95 bits per heavy atom. The Kier molecular flexibility index (Phi) is 7.33. The molecule has 2 aromatic carbocycles. The summed E-state index contributed by atoms with van der Waals surface area (Å²) in [7, 11) is 1.62. The molecule has 0 saturated carbocycles. The van der Waals surface area contributed by atoms with E-state index in [1.165, 1.54) is 36.4 Å². The number of amides is 1. The van der Waals surface area contributed by atoms with Crippen LogP contribution in [0.5, 0.6) is 0 Å². The first-order chi connectivity index (χ1) is 18.4. The van der Waals surface area contributed by atoms with Gasteiger partial charge in [-0.1, -0.05) is 0 Å². The number of furan rings is 1. The van der Waals surface area contributed by atoms with Crippen molar-refractivity contribution in [2.24, 2.45) is 0 Å². The summed E-state index contributed by atoms with van der Waals surface area (Å²) in [5.41, 5.74) is 2.97. The van der Waals surface area contributed by atoms with Crippen LogP contribution in [0.15, 0.2) is 52.9 Å². The minimum absolute atomic E-state index is 0.259. The van der Waals surface area contributed by atoms with Crippen LogP contribution in [0.25, 0.3) is 22.6 Å². The predicted molar refractivity (Wildman–Crippen MR) is 138 cm³/mol. The van der Waals surface area contributed by atoms with Crippen LogP contribution in [-0.2, 0) is 16.0 Å². The fraction of sp³-hybridized carbons (Fsp3) is 0.308. The number of imidazole rings is 1. The number of carbonyl (C=O) groups excluding carboxylic acids is 1. The van der Waals surface area contributed by atoms with Gasteiger partial charge in [0.05, 0.1) is 41.7 Å². The highest BCUT2D eigenvalue weighted by atomic mass is 19.1. The number of rotatable bonds is 9. The number of nitro groups is 1. The molecule has 5 rings (SSSR count). The van der Waals surface area contributed by atoms with E-state index in [-0.39, 0.29) is 17.6 Å². The van der Waals surface area contributed by atoms with Crippen LogP contribution in [0.3, 0.4) is 0 Å². The Balaban J connectivity index is 1.61. The fourth-order valence-corrected chi connectivity index (χ4v) is 4.45. The highest BCUT2D eigenvalue weighted by molar-refractivity contribution is 6.07. The van der Waals surface area contributed by atoms with E-state index in [0.717, 1.165) is 11.2 Å². The van der Waals surface area contributed by atoms with Gasteiger partial charge in [0.15, 0.2) is 11.6 Å². The van der Waals surface area contributed by atoms with E-state index in [2.05, 4.69) is 10.2 Å². The quantitative estimate of drug-likeness (QED) is 0.194. The number of nitrogens with zero attached hydrogens (tertiary/aromatic N) is 4. The van der Waals surface area contributed by atoms with Crippen molar-refractivity contribution < 1.29 is 28.0 Å². The van der Waals surface area contributed by atoms with Gasteiger partial charge in [0.1, 0.15) is 10.7 Å². The van der Waals surface area contributed by atoms with Gasteiger partial charge in [-0.3, -0.25) is 14.9 Å². The maximum atomic E-state index is 13.4. The zero-order valence-corrected chi connectivity index (χ0v) is 20.7. The number of fused-ring (bicyclic) bond motifs is 1. The third-order valence-corrected chi connectivity index (χ3v) is 6.29. The molecule has 1 fully saturated rings. The standard InChI is InChI=1S/C26H26FN5O6/c1-36-12-2-9-31-22-16-21(30-10-13-37-14-11-30)19(29-26(33)17-3-5-18(27)6-4-17)15-20(22)28-25(31)23-7-8-24(38-23)32(34)35/h3-8,15-16H,2,9-14H2,1H3,(H,29,33). The molecule has 1 saturated heterocycles. The molecule has 1 aliphatic heterocycles. The summed E-state index contributed by atoms with van der Waals surface area (Å²) in [6.45, 7) is 3.37. The first-order valence-corrected chi connectivity index (χ1v) is 12.1. The number of benzene rings is 2. The number of hydrogen-bond donors (Lipinski definition) is 1. The second kappa shape index (κ2) is 11.0. The molecule has 0 atom stereocenters. The summed E-state index contributed by atoms with van der Waals surface area (Å²) in [6, 6.07) is 11.8. The molecule has 11 nitrogen and oxygen atoms in total. The van der Waals surface area contributed by atoms with E-state index < -0.39 is 10.7 Å². The average Bonchev–Trinajstić information content (AvgIpc) is 3.54. The molecule has 1 amide bonds. The van der Waals surface area contributed by atoms with Gasteiger partial charge in [-0.25, -0.2) is 9.37 Å². The molecule has 3 heterocycles. The van der Waals surface area contributed by atoms with Crippen molar-refractivity contribution in [2.75, 3.05) is 50.2 Å². The van der Waals surface area contributed by atoms with Gasteiger partial charge in [0.25, 0.3) is 5.91 Å². The van der Waals surface area contributed by atoms with E-state index in [0.29, 0.717) is 68.5 Å². The molecule has 0 aliphatic carbocycles. The van der Waals surface area contributed by atoms with Crippen molar-refractivity contribution >= 4 is 34.2 Å². The Labute approximate surface area is 216 Å². The van der Waals surface area contributed by atoms with E-state index in [1.54, 1.807) is 13.2 Å². The second-order valence-electron chi connectivity index (χ2n) is 8.75. The summed E-state index contributed by atoms with van der Waals surface area (Å²) in [6.07, 6.45) is 0.674. The largest absolute Gasteiger partial charge is 0.433 e. The Morgan fingerprint density at radius 3 is 2.63 bits per heavy atom. The molecule has 1 N–H and O–H groups in total. The SMILES string of the molecule is COCCCn1c(-c2ccc([N+](=O)[O-])o2)nc2cc(NC(=O)c3ccc(F)cc3)c(N3CCOCC3)cc21. The van der Waals surface area contributed by atoms with Gasteiger partial charge in [-0.15, -0.1) is 0 Å². The Hall–Kier alpha value is -4.29. The second-order valence-corrected chi connectivity index (χ2v) is 8.75. The van der Waals surface area contributed by atoms with Crippen LogP contribution in [0, 0.1) is 15.9 Å². The molecule has 0 bridgehead atoms. The van der Waals surface area contributed by atoms with Crippen molar-refractivity contribution in [1.82, 2.24) is 9.55 Å². The first kappa shape index (κ1) is 25.4. The van der Waals surface area contributed by atoms with Crippen molar-refractivity contribution in [2.45, 2.75) is 13.0 Å². The summed E-state index contributed by atoms with van der Waals surface area (Å²) in [5.74, 6) is -0.506. The van der Waals surface area contributed by atoms with Crippen molar-refractivity contribution in [3.63, 3.8) is 0 Å². The van der Waals surface area contributed by atoms with Gasteiger partial charge >= 0.3 is 5.88 Å². The van der Waals surface area contributed by atoms with Crippen LogP contribution in [0.2, 0.25) is 0 Å². The van der Waals surface area contributed by atoms with Crippen LogP contribution in [0.4, 0.5) is 21.6 Å². The Morgan fingerprint density at radius 1 is 1.18 bits per heavy atom. The predicted octanol–water partition coefficient (Wildman–Crippen LogP) is 4.47. The minimum atomic E-state index is -0.596. The summed E-state index contributed by atoms with van der Waals surface area (Å²) >= 11 is 0. The van der Waals surface area contributed by atoms with Gasteiger partial charge in [-0.05, 0) is 48.9 Å². The first-order valence-electron chi connectivity index (χ1n) is 12.1. The number of morpholine rings is 1. The van der Waals surface area contributed by atoms with Crippen molar-refractivity contribution in [3.05, 3.63) is 70.0 Å². The van der Waals surface area contributed by atoms with E-state index in [1.807, 2.05) is 10.6 Å². The molecular weight excluding hydrogens is 497 g/mol. The highest BCUT2D eigenvalue weighted by Gasteiger charge is 2.23. The molecule has 2 aromatic heterocycles. The number of methoxy groups -OCH3 is 1. The topological polar surface area (TPSA) is 125 Å². The third-order valence-electron chi connectivity index (χ3n) is 6.29. The molecule has 198 valence electrons. The molecule has 0 radical (unpaired) electrons. The maximum absolute atomic E-state index is 13.4. The lowest BCUT2D eigenvalue weighted by Crippen LogP contribution is -2.36. The summed E-state index contributed by atoms with van der Waals surface area (Å²) in [4.78, 5) is 30.5. The van der Waals surface area contributed by atoms with Gasteiger partial charge in [0.2, 0.25) is 0 Å². The van der Waals surface area contributed by atoms with Gasteiger partial charge in [0, 0.05) is 38.9 Å². The van der Waals surface area contributed by atoms with Crippen LogP contribution < -0.4 is 10.2 Å². The van der Waals surface area contributed by atoms with Crippen molar-refractivity contribution in [1.29, 1.82) is 0 Å². The number of hydrogen-bond acceptors (Lipinski definition) is 8. The monoisotopic (exact) mass is 523 g/mol. The molecule has 12 heteroatoms. The lowest BCUT2D eigenvalue weighted by molar-refractivity contribution is -0.401. The number of aryl methyl sites for hydroxylation is 1. The van der Waals surface area contributed by atoms with E-state index >= 15 is 0 Å². The number of aromatic nitrogens is 2. The van der Waals surface area contributed by atoms with Crippen LogP contribution >= 0.6 is 0 Å². The van der Waals surface area contributed by atoms with Crippen LogP contribution in [-0.4, -0.2) is 60.4 Å². The molecule has 1 aliphatic rings. The number of halogens is 1. The van der Waals surface area contributed by atoms with Crippen LogP contribution in [0.1, 0.15) is 16.8 Å². The molecule has 0 spiro atoms. The fourth-order valence-electron chi connectivity index (χ4n) is 4.45. The number of anilines is 2. The molecular formula is C26H26FN5O6. The molecule has 38 heavy (non-hydrogen) atoms. The normalized spacial score (nSPS) is 13.7. The van der Waals surface area contributed by atoms with Gasteiger partial charge in [-0.2, -0.15) is 0 Å². The lowest BCUT2D eigenvalue weighted by atomic mass is 10.1. The van der Waals surface area contributed by atoms with Gasteiger partial charge < -0.3 is 28.7 Å². The van der Waals surface area contributed by atoms with Crippen molar-refractivity contribution in [3.8, 4) is 11.6 Å². The summed E-state index contributed by atoms with van der Waals surface area (Å²) in [5, 5.41) is 14.2. The average molecular weight is 524 g/mol. The highest BCUT2D eigenvalue weighted by Crippen LogP contribution is 2.36. The zero-order valence-electron chi connectivity index (χ0n) is 20.7. The van der Waals surface area contributed by atoms with E-state index in [9.17, 15) is 19.3 Å². The zero-order chi connectivity index (χ0) is 26.6. The number of nitrogens with one attached hydrogen (secondary N) is 1. The third kappa shape index (κ3) is 5.22. The smallest absolute Gasteiger partial charge is 0.397 e.